The van der Waals surface area contributed by atoms with E-state index in [9.17, 15) is 12.8 Å². The summed E-state index contributed by atoms with van der Waals surface area (Å²) in [6, 6.07) is 4.41. The second-order valence-electron chi connectivity index (χ2n) is 5.20. The Balaban J connectivity index is 2.45. The number of benzene rings is 1. The van der Waals surface area contributed by atoms with Gasteiger partial charge in [-0.1, -0.05) is 13.8 Å². The summed E-state index contributed by atoms with van der Waals surface area (Å²) in [4.78, 5) is 0. The molecule has 4 nitrogen and oxygen atoms in total. The van der Waals surface area contributed by atoms with Crippen molar-refractivity contribution >= 4 is 15.7 Å². The molecule has 0 aliphatic rings. The van der Waals surface area contributed by atoms with Gasteiger partial charge in [0, 0.05) is 6.04 Å². The van der Waals surface area contributed by atoms with Gasteiger partial charge in [0.25, 0.3) is 0 Å². The average Bonchev–Trinajstić information content (AvgIpc) is 2.32. The molecule has 0 spiro atoms. The van der Waals surface area contributed by atoms with Gasteiger partial charge in [0.05, 0.1) is 11.4 Å². The van der Waals surface area contributed by atoms with Crippen molar-refractivity contribution in [2.24, 2.45) is 0 Å². The lowest BCUT2D eigenvalue weighted by Gasteiger charge is -2.11. The van der Waals surface area contributed by atoms with Gasteiger partial charge >= 0.3 is 0 Å². The van der Waals surface area contributed by atoms with E-state index in [1.807, 2.05) is 0 Å². The molecule has 0 saturated heterocycles. The van der Waals surface area contributed by atoms with Crippen LogP contribution in [0.5, 0.6) is 0 Å². The first-order chi connectivity index (χ1) is 9.30. The molecule has 0 bridgehead atoms. The largest absolute Gasteiger partial charge is 0.315 e. The van der Waals surface area contributed by atoms with E-state index in [0.717, 1.165) is 13.0 Å². The fraction of sp³-hybridized carbons (Fsp3) is 0.571. The van der Waals surface area contributed by atoms with Crippen molar-refractivity contribution in [1.29, 1.82) is 0 Å². The Hall–Kier alpha value is -1.14. The molecule has 0 atom stereocenters. The highest BCUT2D eigenvalue weighted by atomic mass is 32.2. The first kappa shape index (κ1) is 16.9. The molecule has 0 aliphatic carbocycles. The maximum Gasteiger partial charge on any atom is 0.232 e. The van der Waals surface area contributed by atoms with E-state index in [4.69, 9.17) is 0 Å². The molecule has 0 fully saturated rings. The molecule has 0 saturated carbocycles. The number of hydrogen-bond acceptors (Lipinski definition) is 3. The first-order valence-electron chi connectivity index (χ1n) is 6.80. The number of sulfonamides is 1. The van der Waals surface area contributed by atoms with E-state index in [2.05, 4.69) is 23.9 Å². The van der Waals surface area contributed by atoms with Crippen molar-refractivity contribution in [1.82, 2.24) is 5.32 Å². The SMILES string of the molecule is Cc1cc(F)ccc1NS(=O)(=O)CCCCNC(C)C. The number of rotatable bonds is 8. The summed E-state index contributed by atoms with van der Waals surface area (Å²) in [6.45, 7) is 6.58. The molecule has 114 valence electrons. The fourth-order valence-corrected chi connectivity index (χ4v) is 3.02. The minimum atomic E-state index is -3.37. The molecule has 0 amide bonds. The topological polar surface area (TPSA) is 58.2 Å². The zero-order valence-electron chi connectivity index (χ0n) is 12.2. The van der Waals surface area contributed by atoms with Crippen LogP contribution in [0.2, 0.25) is 0 Å². The third kappa shape index (κ3) is 6.34. The van der Waals surface area contributed by atoms with Crippen LogP contribution in [0.15, 0.2) is 18.2 Å². The van der Waals surface area contributed by atoms with Gasteiger partial charge in [-0.3, -0.25) is 4.72 Å². The lowest BCUT2D eigenvalue weighted by Crippen LogP contribution is -2.24. The van der Waals surface area contributed by atoms with Crippen molar-refractivity contribution in [2.45, 2.75) is 39.7 Å². The minimum Gasteiger partial charge on any atom is -0.315 e. The third-order valence-electron chi connectivity index (χ3n) is 2.85. The molecule has 1 aromatic rings. The van der Waals surface area contributed by atoms with Crippen LogP contribution in [0.1, 0.15) is 32.3 Å². The molecule has 1 rings (SSSR count). The summed E-state index contributed by atoms with van der Waals surface area (Å²) in [6.07, 6.45) is 1.40. The smallest absolute Gasteiger partial charge is 0.232 e. The van der Waals surface area contributed by atoms with Crippen LogP contribution < -0.4 is 10.0 Å². The highest BCUT2D eigenvalue weighted by molar-refractivity contribution is 7.92. The Bertz CT molecular complexity index is 530. The molecule has 1 aromatic carbocycles. The van der Waals surface area contributed by atoms with Crippen LogP contribution in [0.25, 0.3) is 0 Å². The summed E-state index contributed by atoms with van der Waals surface area (Å²) >= 11 is 0. The second kappa shape index (κ2) is 7.59. The summed E-state index contributed by atoms with van der Waals surface area (Å²) in [5.74, 6) is -0.297. The molecule has 20 heavy (non-hydrogen) atoms. The van der Waals surface area contributed by atoms with E-state index >= 15 is 0 Å². The van der Waals surface area contributed by atoms with Gasteiger partial charge in [-0.25, -0.2) is 12.8 Å². The molecular weight excluding hydrogens is 279 g/mol. The molecule has 0 aromatic heterocycles. The van der Waals surface area contributed by atoms with Gasteiger partial charge in [-0.05, 0) is 50.1 Å². The van der Waals surface area contributed by atoms with Crippen LogP contribution in [-0.4, -0.2) is 26.8 Å². The Morgan fingerprint density at radius 3 is 2.55 bits per heavy atom. The Morgan fingerprint density at radius 2 is 1.95 bits per heavy atom. The lowest BCUT2D eigenvalue weighted by atomic mass is 10.2. The maximum atomic E-state index is 12.9. The van der Waals surface area contributed by atoms with Gasteiger partial charge in [-0.15, -0.1) is 0 Å². The van der Waals surface area contributed by atoms with E-state index in [0.29, 0.717) is 23.7 Å². The van der Waals surface area contributed by atoms with Crippen molar-refractivity contribution < 1.29 is 12.8 Å². The van der Waals surface area contributed by atoms with Crippen LogP contribution in [0.4, 0.5) is 10.1 Å². The number of anilines is 1. The molecule has 6 heteroatoms. The summed E-state index contributed by atoms with van der Waals surface area (Å²) in [7, 11) is -3.37. The molecule has 0 radical (unpaired) electrons. The number of unbranched alkanes of at least 4 members (excludes halogenated alkanes) is 1. The van der Waals surface area contributed by atoms with Crippen LogP contribution in [-0.2, 0) is 10.0 Å². The van der Waals surface area contributed by atoms with E-state index in [1.165, 1.54) is 18.2 Å². The van der Waals surface area contributed by atoms with Gasteiger partial charge < -0.3 is 5.32 Å². The number of aryl methyl sites for hydroxylation is 1. The number of nitrogens with one attached hydrogen (secondary N) is 2. The number of halogens is 1. The Kier molecular flexibility index (Phi) is 6.42. The molecule has 0 aliphatic heterocycles. The second-order valence-corrected chi connectivity index (χ2v) is 7.04. The molecule has 2 N–H and O–H groups in total. The Labute approximate surface area is 120 Å². The summed E-state index contributed by atoms with van der Waals surface area (Å²) in [5, 5.41) is 3.24. The summed E-state index contributed by atoms with van der Waals surface area (Å²) < 4.78 is 39.3. The average molecular weight is 302 g/mol. The highest BCUT2D eigenvalue weighted by Crippen LogP contribution is 2.17. The van der Waals surface area contributed by atoms with Crippen molar-refractivity contribution in [2.75, 3.05) is 17.0 Å². The fourth-order valence-electron chi connectivity index (χ4n) is 1.77. The van der Waals surface area contributed by atoms with Gasteiger partial charge in [0.1, 0.15) is 5.82 Å². The highest BCUT2D eigenvalue weighted by Gasteiger charge is 2.11. The molecule has 0 heterocycles. The van der Waals surface area contributed by atoms with Crippen LogP contribution >= 0.6 is 0 Å². The minimum absolute atomic E-state index is 0.0730. The van der Waals surface area contributed by atoms with E-state index < -0.39 is 10.0 Å². The molecule has 0 unspecified atom stereocenters. The number of hydrogen-bond donors (Lipinski definition) is 2. The van der Waals surface area contributed by atoms with E-state index in [1.54, 1.807) is 6.92 Å². The quantitative estimate of drug-likeness (QED) is 0.726. The Morgan fingerprint density at radius 1 is 1.25 bits per heavy atom. The van der Waals surface area contributed by atoms with Crippen LogP contribution in [0, 0.1) is 12.7 Å². The van der Waals surface area contributed by atoms with Gasteiger partial charge in [-0.2, -0.15) is 0 Å². The zero-order chi connectivity index (χ0) is 15.2. The van der Waals surface area contributed by atoms with Crippen LogP contribution in [0.3, 0.4) is 0 Å². The van der Waals surface area contributed by atoms with Gasteiger partial charge in [0.15, 0.2) is 0 Å². The summed E-state index contributed by atoms with van der Waals surface area (Å²) in [5.41, 5.74) is 1.02. The lowest BCUT2D eigenvalue weighted by molar-refractivity contribution is 0.561. The van der Waals surface area contributed by atoms with E-state index in [-0.39, 0.29) is 11.6 Å². The van der Waals surface area contributed by atoms with Crippen molar-refractivity contribution in [3.63, 3.8) is 0 Å². The predicted molar refractivity (Wildman–Crippen MR) is 80.9 cm³/mol. The maximum absolute atomic E-state index is 12.9. The van der Waals surface area contributed by atoms with Crippen molar-refractivity contribution in [3.05, 3.63) is 29.6 Å². The third-order valence-corrected chi connectivity index (χ3v) is 4.20. The van der Waals surface area contributed by atoms with Crippen molar-refractivity contribution in [3.8, 4) is 0 Å². The first-order valence-corrected chi connectivity index (χ1v) is 8.45. The zero-order valence-corrected chi connectivity index (χ0v) is 13.1. The monoisotopic (exact) mass is 302 g/mol. The normalized spacial score (nSPS) is 11.8. The standard InChI is InChI=1S/C14H23FN2O2S/c1-11(2)16-8-4-5-9-20(18,19)17-14-7-6-13(15)10-12(14)3/h6-7,10-11,16-17H,4-5,8-9H2,1-3H3. The molecular formula is C14H23FN2O2S. The van der Waals surface area contributed by atoms with Gasteiger partial charge in [0.2, 0.25) is 10.0 Å². The predicted octanol–water partition coefficient (Wildman–Crippen LogP) is 2.65.